The largest absolute Gasteiger partial charge is 0.320 e. The maximum absolute atomic E-state index is 3.27. The zero-order valence-corrected chi connectivity index (χ0v) is 8.28. The summed E-state index contributed by atoms with van der Waals surface area (Å²) in [6.45, 7) is 5.68. The molecule has 0 aromatic heterocycles. The Morgan fingerprint density at radius 1 is 1.18 bits per heavy atom. The van der Waals surface area contributed by atoms with Gasteiger partial charge in [-0.05, 0) is 46.3 Å². The molecule has 68 valence electrons. The van der Waals surface area contributed by atoms with Crippen LogP contribution < -0.4 is 10.6 Å². The summed E-state index contributed by atoms with van der Waals surface area (Å²) < 4.78 is 0. The van der Waals surface area contributed by atoms with Crippen molar-refractivity contribution in [3.05, 3.63) is 0 Å². The van der Waals surface area contributed by atoms with Crippen molar-refractivity contribution < 1.29 is 0 Å². The highest BCUT2D eigenvalue weighted by molar-refractivity contribution is 4.66. The summed E-state index contributed by atoms with van der Waals surface area (Å²) in [6.07, 6.45) is 2.59. The second kappa shape index (κ2) is 6.62. The van der Waals surface area contributed by atoms with E-state index in [2.05, 4.69) is 24.5 Å². The molecule has 2 heteroatoms. The van der Waals surface area contributed by atoms with Crippen molar-refractivity contribution in [2.75, 3.05) is 20.6 Å². The van der Waals surface area contributed by atoms with Gasteiger partial charge in [0.2, 0.25) is 0 Å². The van der Waals surface area contributed by atoms with Crippen LogP contribution in [-0.4, -0.2) is 26.7 Å². The molecule has 0 aliphatic rings. The fraction of sp³-hybridized carbons (Fsp3) is 1.00. The smallest absolute Gasteiger partial charge is 0.00613 e. The minimum atomic E-state index is 0.645. The van der Waals surface area contributed by atoms with Crippen molar-refractivity contribution in [1.29, 1.82) is 0 Å². The monoisotopic (exact) mass is 158 g/mol. The predicted octanol–water partition coefficient (Wildman–Crippen LogP) is 1.23. The topological polar surface area (TPSA) is 24.1 Å². The predicted molar refractivity (Wildman–Crippen MR) is 50.8 cm³/mol. The molecule has 0 aromatic rings. The van der Waals surface area contributed by atoms with Gasteiger partial charge in [0, 0.05) is 6.04 Å². The molecule has 0 fully saturated rings. The Balaban J connectivity index is 3.28. The van der Waals surface area contributed by atoms with E-state index in [1.807, 2.05) is 14.1 Å². The van der Waals surface area contributed by atoms with E-state index < -0.39 is 0 Å². The van der Waals surface area contributed by atoms with Crippen LogP contribution in [0.4, 0.5) is 0 Å². The van der Waals surface area contributed by atoms with Gasteiger partial charge in [-0.2, -0.15) is 0 Å². The molecule has 0 bridgehead atoms. The van der Waals surface area contributed by atoms with E-state index in [1.165, 1.54) is 12.8 Å². The quantitative estimate of drug-likeness (QED) is 0.568. The maximum atomic E-state index is 3.27. The van der Waals surface area contributed by atoms with E-state index >= 15 is 0 Å². The molecule has 0 radical (unpaired) electrons. The average Bonchev–Trinajstić information content (AvgIpc) is 2.03. The Bertz CT molecular complexity index is 83.6. The highest BCUT2D eigenvalue weighted by atomic mass is 14.9. The third-order valence-corrected chi connectivity index (χ3v) is 2.40. The van der Waals surface area contributed by atoms with Gasteiger partial charge in [-0.25, -0.2) is 0 Å². The zero-order valence-electron chi connectivity index (χ0n) is 8.28. The first-order chi connectivity index (χ1) is 5.22. The van der Waals surface area contributed by atoms with Crippen molar-refractivity contribution >= 4 is 0 Å². The molecular weight excluding hydrogens is 136 g/mol. The Morgan fingerprint density at radius 2 is 1.82 bits per heavy atom. The lowest BCUT2D eigenvalue weighted by Gasteiger charge is -2.18. The van der Waals surface area contributed by atoms with Crippen molar-refractivity contribution in [2.24, 2.45) is 5.92 Å². The van der Waals surface area contributed by atoms with E-state index in [-0.39, 0.29) is 0 Å². The lowest BCUT2D eigenvalue weighted by atomic mass is 9.98. The van der Waals surface area contributed by atoms with Crippen molar-refractivity contribution in [3.63, 3.8) is 0 Å². The molecule has 2 atom stereocenters. The summed E-state index contributed by atoms with van der Waals surface area (Å²) in [5.41, 5.74) is 0. The van der Waals surface area contributed by atoms with Crippen LogP contribution in [0.1, 0.15) is 26.7 Å². The first-order valence-corrected chi connectivity index (χ1v) is 4.54. The Hall–Kier alpha value is -0.0800. The standard InChI is InChI=1S/C9H22N2/c1-8(9(2)11-4)6-5-7-10-3/h8-11H,5-7H2,1-4H3/t8-,9-/m0/s1. The van der Waals surface area contributed by atoms with Crippen LogP contribution >= 0.6 is 0 Å². The van der Waals surface area contributed by atoms with E-state index in [0.29, 0.717) is 6.04 Å². The Kier molecular flexibility index (Phi) is 6.57. The maximum Gasteiger partial charge on any atom is 0.00613 e. The van der Waals surface area contributed by atoms with E-state index in [0.717, 1.165) is 12.5 Å². The zero-order chi connectivity index (χ0) is 8.69. The molecule has 0 aliphatic carbocycles. The van der Waals surface area contributed by atoms with Gasteiger partial charge >= 0.3 is 0 Å². The summed E-state index contributed by atoms with van der Waals surface area (Å²) >= 11 is 0. The average molecular weight is 158 g/mol. The lowest BCUT2D eigenvalue weighted by molar-refractivity contribution is 0.390. The second-order valence-electron chi connectivity index (χ2n) is 3.30. The van der Waals surface area contributed by atoms with Crippen LogP contribution in [0.3, 0.4) is 0 Å². The number of hydrogen-bond donors (Lipinski definition) is 2. The van der Waals surface area contributed by atoms with Gasteiger partial charge in [0.05, 0.1) is 0 Å². The van der Waals surface area contributed by atoms with Gasteiger partial charge < -0.3 is 10.6 Å². The molecule has 0 aliphatic heterocycles. The molecule has 0 rings (SSSR count). The molecule has 2 N–H and O–H groups in total. The minimum absolute atomic E-state index is 0.645. The van der Waals surface area contributed by atoms with Crippen LogP contribution in [0.25, 0.3) is 0 Å². The van der Waals surface area contributed by atoms with Crippen LogP contribution in [0.2, 0.25) is 0 Å². The van der Waals surface area contributed by atoms with Crippen molar-refractivity contribution in [1.82, 2.24) is 10.6 Å². The third-order valence-electron chi connectivity index (χ3n) is 2.40. The summed E-state index contributed by atoms with van der Waals surface area (Å²) in [6, 6.07) is 0.645. The van der Waals surface area contributed by atoms with Crippen LogP contribution in [0, 0.1) is 5.92 Å². The fourth-order valence-corrected chi connectivity index (χ4v) is 1.14. The number of rotatable bonds is 6. The first kappa shape index (κ1) is 10.9. The van der Waals surface area contributed by atoms with Gasteiger partial charge in [-0.1, -0.05) is 6.92 Å². The second-order valence-corrected chi connectivity index (χ2v) is 3.30. The molecule has 0 aromatic carbocycles. The molecule has 0 heterocycles. The van der Waals surface area contributed by atoms with Crippen LogP contribution in [0.15, 0.2) is 0 Å². The molecule has 0 amide bonds. The molecule has 0 saturated heterocycles. The normalized spacial score (nSPS) is 16.4. The van der Waals surface area contributed by atoms with Gasteiger partial charge in [0.1, 0.15) is 0 Å². The fourth-order valence-electron chi connectivity index (χ4n) is 1.14. The van der Waals surface area contributed by atoms with Gasteiger partial charge in [0.15, 0.2) is 0 Å². The highest BCUT2D eigenvalue weighted by Gasteiger charge is 2.08. The van der Waals surface area contributed by atoms with Crippen molar-refractivity contribution in [3.8, 4) is 0 Å². The van der Waals surface area contributed by atoms with Gasteiger partial charge in [0.25, 0.3) is 0 Å². The summed E-state index contributed by atoms with van der Waals surface area (Å²) in [4.78, 5) is 0. The lowest BCUT2D eigenvalue weighted by Crippen LogP contribution is -2.29. The van der Waals surface area contributed by atoms with E-state index in [1.54, 1.807) is 0 Å². The molecule has 0 unspecified atom stereocenters. The molecule has 2 nitrogen and oxygen atoms in total. The first-order valence-electron chi connectivity index (χ1n) is 4.54. The van der Waals surface area contributed by atoms with Crippen LogP contribution in [0.5, 0.6) is 0 Å². The Morgan fingerprint density at radius 3 is 2.27 bits per heavy atom. The SMILES string of the molecule is CNCCC[C@H](C)[C@H](C)NC. The molecule has 0 saturated carbocycles. The minimum Gasteiger partial charge on any atom is -0.320 e. The molecule has 11 heavy (non-hydrogen) atoms. The number of hydrogen-bond acceptors (Lipinski definition) is 2. The van der Waals surface area contributed by atoms with Crippen LogP contribution in [-0.2, 0) is 0 Å². The molecule has 0 spiro atoms. The van der Waals surface area contributed by atoms with E-state index in [9.17, 15) is 0 Å². The number of nitrogens with one attached hydrogen (secondary N) is 2. The highest BCUT2D eigenvalue weighted by Crippen LogP contribution is 2.08. The van der Waals surface area contributed by atoms with E-state index in [4.69, 9.17) is 0 Å². The van der Waals surface area contributed by atoms with Gasteiger partial charge in [-0.3, -0.25) is 0 Å². The summed E-state index contributed by atoms with van der Waals surface area (Å²) in [5, 5.41) is 6.43. The Labute approximate surface area is 70.8 Å². The van der Waals surface area contributed by atoms with Gasteiger partial charge in [-0.15, -0.1) is 0 Å². The third kappa shape index (κ3) is 5.22. The van der Waals surface area contributed by atoms with Crippen molar-refractivity contribution in [2.45, 2.75) is 32.7 Å². The summed E-state index contributed by atoms with van der Waals surface area (Å²) in [7, 11) is 4.03. The summed E-state index contributed by atoms with van der Waals surface area (Å²) in [5.74, 6) is 0.786. The molecular formula is C9H22N2.